The van der Waals surface area contributed by atoms with Gasteiger partial charge in [0, 0.05) is 11.1 Å². The van der Waals surface area contributed by atoms with Crippen LogP contribution in [0.15, 0.2) is 41.5 Å². The van der Waals surface area contributed by atoms with Crippen molar-refractivity contribution in [1.29, 1.82) is 0 Å². The van der Waals surface area contributed by atoms with Gasteiger partial charge in [-0.25, -0.2) is 9.82 Å². The predicted octanol–water partition coefficient (Wildman–Crippen LogP) is 3.26. The van der Waals surface area contributed by atoms with Crippen molar-refractivity contribution in [3.8, 4) is 11.5 Å². The number of hydrazone groups is 1. The summed E-state index contributed by atoms with van der Waals surface area (Å²) in [6.07, 6.45) is 1.15. The van der Waals surface area contributed by atoms with E-state index in [1.165, 1.54) is 38.5 Å². The van der Waals surface area contributed by atoms with Gasteiger partial charge in [-0.15, -0.1) is 0 Å². The largest absolute Gasteiger partial charge is 0.493 e. The Morgan fingerprint density at radius 1 is 1.22 bits per heavy atom. The van der Waals surface area contributed by atoms with Crippen LogP contribution in [0.25, 0.3) is 0 Å². The summed E-state index contributed by atoms with van der Waals surface area (Å²) in [6.45, 7) is 0. The summed E-state index contributed by atoms with van der Waals surface area (Å²) in [6, 6.07) is 8.94. The number of amides is 1. The van der Waals surface area contributed by atoms with Crippen molar-refractivity contribution < 1.29 is 18.7 Å². The maximum atomic E-state index is 13.6. The molecule has 0 fully saturated rings. The number of methoxy groups -OCH3 is 2. The summed E-state index contributed by atoms with van der Waals surface area (Å²) in [4.78, 5) is 12.0. The van der Waals surface area contributed by atoms with Gasteiger partial charge in [-0.2, -0.15) is 5.10 Å². The molecule has 2 rings (SSSR count). The molecule has 0 unspecified atom stereocenters. The Balaban J connectivity index is 2.12. The fourth-order valence-electron chi connectivity index (χ4n) is 1.83. The van der Waals surface area contributed by atoms with E-state index in [2.05, 4.69) is 10.5 Å². The van der Waals surface area contributed by atoms with Crippen LogP contribution in [0.4, 0.5) is 4.39 Å². The summed E-state index contributed by atoms with van der Waals surface area (Å²) < 4.78 is 23.8. The fraction of sp³-hybridized carbons (Fsp3) is 0.125. The zero-order chi connectivity index (χ0) is 16.8. The molecule has 1 N–H and O–H groups in total. The molecule has 0 aliphatic rings. The Labute approximate surface area is 137 Å². The van der Waals surface area contributed by atoms with Crippen LogP contribution in [0.1, 0.15) is 15.9 Å². The molecule has 0 heterocycles. The topological polar surface area (TPSA) is 59.9 Å². The van der Waals surface area contributed by atoms with E-state index in [1.54, 1.807) is 12.1 Å². The van der Waals surface area contributed by atoms with Crippen molar-refractivity contribution in [2.45, 2.75) is 0 Å². The van der Waals surface area contributed by atoms with Crippen LogP contribution in [0.2, 0.25) is 5.02 Å². The molecule has 0 saturated heterocycles. The number of hydrogen-bond acceptors (Lipinski definition) is 4. The van der Waals surface area contributed by atoms with Crippen LogP contribution in [0, 0.1) is 5.82 Å². The molecule has 1 amide bonds. The van der Waals surface area contributed by atoms with Gasteiger partial charge in [-0.3, -0.25) is 4.79 Å². The second-order valence-corrected chi connectivity index (χ2v) is 4.81. The lowest BCUT2D eigenvalue weighted by Gasteiger charge is -2.08. The monoisotopic (exact) mass is 336 g/mol. The van der Waals surface area contributed by atoms with Crippen LogP contribution < -0.4 is 14.9 Å². The molecule has 23 heavy (non-hydrogen) atoms. The van der Waals surface area contributed by atoms with Crippen molar-refractivity contribution in [2.24, 2.45) is 5.10 Å². The molecular formula is C16H14ClFN2O3. The van der Waals surface area contributed by atoms with E-state index in [0.717, 1.165) is 6.21 Å². The van der Waals surface area contributed by atoms with Crippen LogP contribution in [0.5, 0.6) is 11.5 Å². The van der Waals surface area contributed by atoms with Gasteiger partial charge in [-0.05, 0) is 30.3 Å². The second kappa shape index (κ2) is 7.60. The molecule has 0 radical (unpaired) electrons. The van der Waals surface area contributed by atoms with Gasteiger partial charge in [0.2, 0.25) is 0 Å². The first kappa shape index (κ1) is 16.8. The SMILES string of the molecule is COc1ccc(C(=O)NN=Cc2c(F)cccc2Cl)cc1OC. The van der Waals surface area contributed by atoms with Crippen molar-refractivity contribution >= 4 is 23.7 Å². The number of carbonyl (C=O) groups is 1. The minimum atomic E-state index is -0.526. The van der Waals surface area contributed by atoms with E-state index in [1.807, 2.05) is 0 Å². The molecule has 0 aromatic heterocycles. The molecule has 0 bridgehead atoms. The van der Waals surface area contributed by atoms with Crippen LogP contribution in [-0.2, 0) is 0 Å². The summed E-state index contributed by atoms with van der Waals surface area (Å²) in [7, 11) is 2.97. The normalized spacial score (nSPS) is 10.6. The Hall–Kier alpha value is -2.60. The minimum absolute atomic E-state index is 0.0989. The zero-order valence-electron chi connectivity index (χ0n) is 12.5. The summed E-state index contributed by atoms with van der Waals surface area (Å²) in [5.74, 6) is -0.0803. The average molecular weight is 337 g/mol. The number of ether oxygens (including phenoxy) is 2. The molecule has 0 saturated carbocycles. The molecule has 5 nitrogen and oxygen atoms in total. The summed E-state index contributed by atoms with van der Waals surface area (Å²) >= 11 is 5.86. The van der Waals surface area contributed by atoms with Crippen molar-refractivity contribution in [1.82, 2.24) is 5.43 Å². The molecule has 120 valence electrons. The number of nitrogens with zero attached hydrogens (tertiary/aromatic N) is 1. The van der Waals surface area contributed by atoms with Gasteiger partial charge in [0.25, 0.3) is 5.91 Å². The highest BCUT2D eigenvalue weighted by Gasteiger charge is 2.10. The van der Waals surface area contributed by atoms with Crippen molar-refractivity contribution in [3.63, 3.8) is 0 Å². The lowest BCUT2D eigenvalue weighted by molar-refractivity contribution is 0.0954. The summed E-state index contributed by atoms with van der Waals surface area (Å²) in [5, 5.41) is 3.92. The quantitative estimate of drug-likeness (QED) is 0.673. The number of carbonyl (C=O) groups excluding carboxylic acids is 1. The Kier molecular flexibility index (Phi) is 5.54. The van der Waals surface area contributed by atoms with E-state index in [9.17, 15) is 9.18 Å². The molecule has 0 aliphatic carbocycles. The number of halogens is 2. The Bertz CT molecular complexity index is 730. The van der Waals surface area contributed by atoms with E-state index in [0.29, 0.717) is 17.1 Å². The standard InChI is InChI=1S/C16H14ClFN2O3/c1-22-14-7-6-10(8-15(14)23-2)16(21)20-19-9-11-12(17)4-3-5-13(11)18/h3-9H,1-2H3,(H,20,21). The smallest absolute Gasteiger partial charge is 0.271 e. The highest BCUT2D eigenvalue weighted by Crippen LogP contribution is 2.27. The molecule has 0 atom stereocenters. The van der Waals surface area contributed by atoms with E-state index in [-0.39, 0.29) is 10.6 Å². The van der Waals surface area contributed by atoms with Gasteiger partial charge in [0.05, 0.1) is 25.5 Å². The first-order valence-electron chi connectivity index (χ1n) is 6.56. The molecule has 0 aliphatic heterocycles. The number of hydrogen-bond donors (Lipinski definition) is 1. The van der Waals surface area contributed by atoms with Gasteiger partial charge in [-0.1, -0.05) is 17.7 Å². The number of benzene rings is 2. The molecule has 0 spiro atoms. The number of rotatable bonds is 5. The lowest BCUT2D eigenvalue weighted by atomic mass is 10.2. The maximum absolute atomic E-state index is 13.6. The molecule has 2 aromatic rings. The van der Waals surface area contributed by atoms with E-state index >= 15 is 0 Å². The van der Waals surface area contributed by atoms with E-state index < -0.39 is 11.7 Å². The number of nitrogens with one attached hydrogen (secondary N) is 1. The third kappa shape index (κ3) is 3.98. The lowest BCUT2D eigenvalue weighted by Crippen LogP contribution is -2.17. The Morgan fingerprint density at radius 3 is 2.61 bits per heavy atom. The summed E-state index contributed by atoms with van der Waals surface area (Å²) in [5.41, 5.74) is 2.72. The van der Waals surface area contributed by atoms with Gasteiger partial charge >= 0.3 is 0 Å². The minimum Gasteiger partial charge on any atom is -0.493 e. The van der Waals surface area contributed by atoms with E-state index in [4.69, 9.17) is 21.1 Å². The van der Waals surface area contributed by atoms with Crippen molar-refractivity contribution in [2.75, 3.05) is 14.2 Å². The van der Waals surface area contributed by atoms with Crippen LogP contribution >= 0.6 is 11.6 Å². The maximum Gasteiger partial charge on any atom is 0.271 e. The second-order valence-electron chi connectivity index (χ2n) is 4.40. The fourth-order valence-corrected chi connectivity index (χ4v) is 2.04. The highest BCUT2D eigenvalue weighted by atomic mass is 35.5. The average Bonchev–Trinajstić information content (AvgIpc) is 2.56. The van der Waals surface area contributed by atoms with Crippen molar-refractivity contribution in [3.05, 3.63) is 58.4 Å². The zero-order valence-corrected chi connectivity index (χ0v) is 13.2. The van der Waals surface area contributed by atoms with Crippen LogP contribution in [0.3, 0.4) is 0 Å². The molecular weight excluding hydrogens is 323 g/mol. The van der Waals surface area contributed by atoms with Gasteiger partial charge < -0.3 is 9.47 Å². The molecule has 2 aromatic carbocycles. The third-order valence-corrected chi connectivity index (χ3v) is 3.33. The third-order valence-electron chi connectivity index (χ3n) is 3.01. The highest BCUT2D eigenvalue weighted by molar-refractivity contribution is 6.33. The molecule has 7 heteroatoms. The predicted molar refractivity (Wildman–Crippen MR) is 86.0 cm³/mol. The first-order chi connectivity index (χ1) is 11.1. The first-order valence-corrected chi connectivity index (χ1v) is 6.94. The Morgan fingerprint density at radius 2 is 1.96 bits per heavy atom. The van der Waals surface area contributed by atoms with Gasteiger partial charge in [0.15, 0.2) is 11.5 Å². The van der Waals surface area contributed by atoms with Gasteiger partial charge in [0.1, 0.15) is 5.82 Å². The van der Waals surface area contributed by atoms with Crippen LogP contribution in [-0.4, -0.2) is 26.3 Å².